The van der Waals surface area contributed by atoms with Crippen molar-refractivity contribution in [3.63, 3.8) is 0 Å². The first kappa shape index (κ1) is 16.4. The number of ketones is 1. The van der Waals surface area contributed by atoms with Crippen molar-refractivity contribution in [2.24, 2.45) is 0 Å². The second kappa shape index (κ2) is 6.83. The normalized spacial score (nSPS) is 10.3. The first-order chi connectivity index (χ1) is 10.9. The van der Waals surface area contributed by atoms with E-state index in [2.05, 4.69) is 0 Å². The number of hydrogen-bond donors (Lipinski definition) is 3. The molecule has 2 rings (SSSR count). The minimum Gasteiger partial charge on any atom is -0.507 e. The van der Waals surface area contributed by atoms with Crippen LogP contribution in [0.4, 0.5) is 0 Å². The van der Waals surface area contributed by atoms with Crippen LogP contribution in [0.2, 0.25) is 0 Å². The number of aromatic hydroxyl groups is 3. The monoisotopic (exact) mass is 316 g/mol. The van der Waals surface area contributed by atoms with Crippen molar-refractivity contribution in [2.75, 3.05) is 6.61 Å². The number of esters is 1. The molecule has 2 aromatic carbocycles. The van der Waals surface area contributed by atoms with E-state index in [0.717, 1.165) is 12.1 Å². The third-order valence-corrected chi connectivity index (χ3v) is 3.20. The third kappa shape index (κ3) is 3.79. The summed E-state index contributed by atoms with van der Waals surface area (Å²) in [6.45, 7) is 1.95. The molecule has 0 fully saturated rings. The Hall–Kier alpha value is -3.02. The smallest absolute Gasteiger partial charge is 0.338 e. The lowest BCUT2D eigenvalue weighted by atomic mass is 10.0. The molecule has 0 saturated carbocycles. The average molecular weight is 316 g/mol. The van der Waals surface area contributed by atoms with Crippen molar-refractivity contribution in [1.29, 1.82) is 0 Å². The maximum absolute atomic E-state index is 12.2. The van der Waals surface area contributed by atoms with Crippen LogP contribution in [0.5, 0.6) is 17.2 Å². The van der Waals surface area contributed by atoms with Crippen LogP contribution in [0.1, 0.15) is 33.2 Å². The standard InChI is InChI=1S/C17H16O6/c1-2-23-17(22)11-5-3-4-10(6-11)7-13(18)12-8-15(20)16(21)9-14(12)19/h3-6,8-9,19-21H,2,7H2,1H3. The van der Waals surface area contributed by atoms with Gasteiger partial charge in [0.05, 0.1) is 17.7 Å². The average Bonchev–Trinajstić information content (AvgIpc) is 2.51. The topological polar surface area (TPSA) is 104 Å². The third-order valence-electron chi connectivity index (χ3n) is 3.20. The van der Waals surface area contributed by atoms with Gasteiger partial charge in [-0.2, -0.15) is 0 Å². The fourth-order valence-electron chi connectivity index (χ4n) is 2.09. The van der Waals surface area contributed by atoms with Gasteiger partial charge in [-0.15, -0.1) is 0 Å². The first-order valence-electron chi connectivity index (χ1n) is 6.96. The van der Waals surface area contributed by atoms with Gasteiger partial charge >= 0.3 is 5.97 Å². The van der Waals surface area contributed by atoms with Crippen LogP contribution in [-0.2, 0) is 11.2 Å². The summed E-state index contributed by atoms with van der Waals surface area (Å²) in [5.41, 5.74) is 0.782. The highest BCUT2D eigenvalue weighted by molar-refractivity contribution is 6.00. The number of hydrogen-bond acceptors (Lipinski definition) is 6. The van der Waals surface area contributed by atoms with E-state index >= 15 is 0 Å². The van der Waals surface area contributed by atoms with E-state index in [1.807, 2.05) is 0 Å². The molecule has 6 heteroatoms. The van der Waals surface area contributed by atoms with Crippen LogP contribution < -0.4 is 0 Å². The molecule has 0 aliphatic carbocycles. The Morgan fingerprint density at radius 2 is 1.70 bits per heavy atom. The van der Waals surface area contributed by atoms with Crippen molar-refractivity contribution < 1.29 is 29.6 Å². The maximum atomic E-state index is 12.2. The van der Waals surface area contributed by atoms with E-state index in [0.29, 0.717) is 11.1 Å². The van der Waals surface area contributed by atoms with Crippen molar-refractivity contribution in [1.82, 2.24) is 0 Å². The van der Waals surface area contributed by atoms with Gasteiger partial charge in [0, 0.05) is 12.5 Å². The van der Waals surface area contributed by atoms with E-state index < -0.39 is 29.0 Å². The van der Waals surface area contributed by atoms with Gasteiger partial charge in [-0.1, -0.05) is 12.1 Å². The molecule has 0 heterocycles. The highest BCUT2D eigenvalue weighted by atomic mass is 16.5. The van der Waals surface area contributed by atoms with Crippen LogP contribution in [0.25, 0.3) is 0 Å². The summed E-state index contributed by atoms with van der Waals surface area (Å²) >= 11 is 0. The number of Topliss-reactive ketones (excluding diaryl/α,β-unsaturated/α-hetero) is 1. The number of phenols is 3. The van der Waals surface area contributed by atoms with Crippen molar-refractivity contribution >= 4 is 11.8 Å². The summed E-state index contributed by atoms with van der Waals surface area (Å²) < 4.78 is 4.90. The van der Waals surface area contributed by atoms with Crippen LogP contribution in [0.15, 0.2) is 36.4 Å². The molecule has 0 bridgehead atoms. The number of benzene rings is 2. The molecule has 0 aliphatic rings. The largest absolute Gasteiger partial charge is 0.507 e. The predicted octanol–water partition coefficient (Wildman–Crippen LogP) is 2.41. The number of carbonyl (C=O) groups is 2. The molecule has 0 atom stereocenters. The van der Waals surface area contributed by atoms with Gasteiger partial charge in [-0.05, 0) is 30.7 Å². The lowest BCUT2D eigenvalue weighted by molar-refractivity contribution is 0.0526. The fourth-order valence-corrected chi connectivity index (χ4v) is 2.09. The molecule has 0 saturated heterocycles. The molecule has 0 radical (unpaired) electrons. The van der Waals surface area contributed by atoms with Crippen LogP contribution in [-0.4, -0.2) is 33.7 Å². The Morgan fingerprint density at radius 1 is 1.00 bits per heavy atom. The van der Waals surface area contributed by atoms with E-state index in [-0.39, 0.29) is 18.6 Å². The van der Waals surface area contributed by atoms with Crippen molar-refractivity contribution in [3.8, 4) is 17.2 Å². The summed E-state index contributed by atoms with van der Waals surface area (Å²) in [4.78, 5) is 23.9. The predicted molar refractivity (Wildman–Crippen MR) is 81.9 cm³/mol. The minimum atomic E-state index is -0.511. The highest BCUT2D eigenvalue weighted by Crippen LogP contribution is 2.32. The van der Waals surface area contributed by atoms with Gasteiger partial charge in [0.15, 0.2) is 17.3 Å². The molecule has 120 valence electrons. The molecule has 0 unspecified atom stereocenters. The molecule has 0 aliphatic heterocycles. The fraction of sp³-hybridized carbons (Fsp3) is 0.176. The van der Waals surface area contributed by atoms with Gasteiger partial charge in [0.1, 0.15) is 5.75 Å². The Labute approximate surface area is 132 Å². The molecule has 6 nitrogen and oxygen atoms in total. The van der Waals surface area contributed by atoms with Gasteiger partial charge in [-0.25, -0.2) is 4.79 Å². The van der Waals surface area contributed by atoms with E-state index in [4.69, 9.17) is 4.74 Å². The highest BCUT2D eigenvalue weighted by Gasteiger charge is 2.16. The van der Waals surface area contributed by atoms with Crippen LogP contribution in [0.3, 0.4) is 0 Å². The van der Waals surface area contributed by atoms with Crippen LogP contribution in [0, 0.1) is 0 Å². The zero-order valence-corrected chi connectivity index (χ0v) is 12.4. The number of phenolic OH excluding ortho intramolecular Hbond substituents is 3. The molecule has 0 spiro atoms. The molecule has 3 N–H and O–H groups in total. The Bertz CT molecular complexity index is 751. The quantitative estimate of drug-likeness (QED) is 0.339. The van der Waals surface area contributed by atoms with Gasteiger partial charge in [0.2, 0.25) is 0 Å². The first-order valence-corrected chi connectivity index (χ1v) is 6.96. The van der Waals surface area contributed by atoms with Gasteiger partial charge in [-0.3, -0.25) is 4.79 Å². The second-order valence-corrected chi connectivity index (χ2v) is 4.88. The molecule has 2 aromatic rings. The Balaban J connectivity index is 2.22. The molecule has 0 amide bonds. The lowest BCUT2D eigenvalue weighted by Gasteiger charge is -2.07. The van der Waals surface area contributed by atoms with E-state index in [1.54, 1.807) is 25.1 Å². The zero-order valence-electron chi connectivity index (χ0n) is 12.4. The summed E-state index contributed by atoms with van der Waals surface area (Å²) in [5.74, 6) is -2.37. The van der Waals surface area contributed by atoms with E-state index in [9.17, 15) is 24.9 Å². The Morgan fingerprint density at radius 3 is 2.39 bits per heavy atom. The van der Waals surface area contributed by atoms with Gasteiger partial charge < -0.3 is 20.1 Å². The number of ether oxygens (including phenoxy) is 1. The van der Waals surface area contributed by atoms with E-state index in [1.165, 1.54) is 6.07 Å². The number of rotatable bonds is 5. The lowest BCUT2D eigenvalue weighted by Crippen LogP contribution is -2.07. The minimum absolute atomic E-state index is 0.0784. The molecule has 0 aromatic heterocycles. The van der Waals surface area contributed by atoms with Crippen LogP contribution >= 0.6 is 0 Å². The number of carbonyl (C=O) groups excluding carboxylic acids is 2. The maximum Gasteiger partial charge on any atom is 0.338 e. The van der Waals surface area contributed by atoms with Crippen molar-refractivity contribution in [3.05, 3.63) is 53.1 Å². The zero-order chi connectivity index (χ0) is 17.0. The molecular formula is C17H16O6. The molecular weight excluding hydrogens is 300 g/mol. The summed E-state index contributed by atoms with van der Waals surface area (Å²) in [6.07, 6.45) is -0.0784. The van der Waals surface area contributed by atoms with Gasteiger partial charge in [0.25, 0.3) is 0 Å². The SMILES string of the molecule is CCOC(=O)c1cccc(CC(=O)c2cc(O)c(O)cc2O)c1. The molecule has 23 heavy (non-hydrogen) atoms. The second-order valence-electron chi connectivity index (χ2n) is 4.88. The summed E-state index contributed by atoms with van der Waals surface area (Å²) in [7, 11) is 0. The Kier molecular flexibility index (Phi) is 4.85. The summed E-state index contributed by atoms with van der Waals surface area (Å²) in [6, 6.07) is 8.31. The van der Waals surface area contributed by atoms with Crippen molar-refractivity contribution in [2.45, 2.75) is 13.3 Å². The summed E-state index contributed by atoms with van der Waals surface area (Å²) in [5, 5.41) is 28.4.